The summed E-state index contributed by atoms with van der Waals surface area (Å²) in [6.07, 6.45) is 0.652. The van der Waals surface area contributed by atoms with Crippen LogP contribution in [-0.4, -0.2) is 42.2 Å². The number of ether oxygens (including phenoxy) is 2. The second-order valence-corrected chi connectivity index (χ2v) is 4.58. The second kappa shape index (κ2) is 9.30. The lowest BCUT2D eigenvalue weighted by Gasteiger charge is -2.15. The third-order valence-electron chi connectivity index (χ3n) is 1.99. The number of hydrogen-bond donors (Lipinski definition) is 1. The van der Waals surface area contributed by atoms with Crippen LogP contribution >= 0.6 is 11.8 Å². The third-order valence-corrected chi connectivity index (χ3v) is 3.47. The minimum absolute atomic E-state index is 0.254. The van der Waals surface area contributed by atoms with Crippen LogP contribution in [0.4, 0.5) is 0 Å². The van der Waals surface area contributed by atoms with Gasteiger partial charge in [0.25, 0.3) is 0 Å². The smallest absolute Gasteiger partial charge is 0.323 e. The molecule has 0 aliphatic rings. The van der Waals surface area contributed by atoms with Crippen LogP contribution < -0.4 is 5.73 Å². The van der Waals surface area contributed by atoms with Crippen molar-refractivity contribution in [1.29, 1.82) is 0 Å². The summed E-state index contributed by atoms with van der Waals surface area (Å²) in [6.45, 7) is 6.06. The summed E-state index contributed by atoms with van der Waals surface area (Å²) in [5.74, 6) is -0.328. The highest BCUT2D eigenvalue weighted by Gasteiger charge is 2.22. The van der Waals surface area contributed by atoms with Crippen LogP contribution in [-0.2, 0) is 19.1 Å². The van der Waals surface area contributed by atoms with E-state index in [-0.39, 0.29) is 11.2 Å². The molecule has 0 rings (SSSR count). The first kappa shape index (κ1) is 16.2. The number of rotatable bonds is 8. The van der Waals surface area contributed by atoms with Crippen molar-refractivity contribution < 1.29 is 19.1 Å². The van der Waals surface area contributed by atoms with E-state index in [1.807, 2.05) is 6.92 Å². The molecule has 2 atom stereocenters. The summed E-state index contributed by atoms with van der Waals surface area (Å²) >= 11 is 1.33. The predicted octanol–water partition coefficient (Wildman–Crippen LogP) is 0.952. The molecule has 0 heterocycles. The molecular weight excluding hydrogens is 242 g/mol. The van der Waals surface area contributed by atoms with Crippen molar-refractivity contribution in [3.05, 3.63) is 0 Å². The Labute approximate surface area is 106 Å². The summed E-state index contributed by atoms with van der Waals surface area (Å²) in [7, 11) is 0. The molecule has 2 unspecified atom stereocenters. The molecule has 6 heteroatoms. The lowest BCUT2D eigenvalue weighted by molar-refractivity contribution is -0.144. The molecule has 0 amide bonds. The highest BCUT2D eigenvalue weighted by atomic mass is 32.2. The van der Waals surface area contributed by atoms with Gasteiger partial charge in [-0.05, 0) is 20.3 Å². The summed E-state index contributed by atoms with van der Waals surface area (Å²) in [5, 5.41) is -0.268. The van der Waals surface area contributed by atoms with Gasteiger partial charge in [0.1, 0.15) is 11.3 Å². The van der Waals surface area contributed by atoms with E-state index in [0.717, 1.165) is 0 Å². The van der Waals surface area contributed by atoms with Crippen molar-refractivity contribution in [2.24, 2.45) is 5.73 Å². The average molecular weight is 263 g/mol. The zero-order valence-electron chi connectivity index (χ0n) is 10.6. The van der Waals surface area contributed by atoms with Crippen LogP contribution in [0.5, 0.6) is 0 Å². The fraction of sp³-hybridized carbons (Fsp3) is 0.818. The second-order valence-electron chi connectivity index (χ2n) is 3.34. The van der Waals surface area contributed by atoms with Crippen LogP contribution in [0.15, 0.2) is 0 Å². The topological polar surface area (TPSA) is 78.6 Å². The van der Waals surface area contributed by atoms with Crippen LogP contribution in [0.25, 0.3) is 0 Å². The van der Waals surface area contributed by atoms with E-state index in [0.29, 0.717) is 25.4 Å². The first-order valence-electron chi connectivity index (χ1n) is 5.77. The standard InChI is InChI=1S/C11H21NO4S/c1-4-9(11(14)16-6-3)17-7-8(12)10(13)15-5-2/h8-9H,4-7,12H2,1-3H3. The molecule has 0 aliphatic heterocycles. The molecule has 0 aromatic carbocycles. The molecule has 0 saturated carbocycles. The molecule has 0 aromatic heterocycles. The molecule has 2 N–H and O–H groups in total. The fourth-order valence-corrected chi connectivity index (χ4v) is 2.14. The van der Waals surface area contributed by atoms with Crippen molar-refractivity contribution in [3.63, 3.8) is 0 Å². The molecule has 0 spiro atoms. The quantitative estimate of drug-likeness (QED) is 0.657. The molecular formula is C11H21NO4S. The van der Waals surface area contributed by atoms with E-state index >= 15 is 0 Å². The zero-order valence-corrected chi connectivity index (χ0v) is 11.4. The molecule has 0 fully saturated rings. The van der Waals surface area contributed by atoms with Gasteiger partial charge in [0.15, 0.2) is 0 Å². The highest BCUT2D eigenvalue weighted by molar-refractivity contribution is 8.00. The molecule has 0 aliphatic carbocycles. The Morgan fingerprint density at radius 3 is 2.12 bits per heavy atom. The van der Waals surface area contributed by atoms with Gasteiger partial charge in [-0.25, -0.2) is 0 Å². The van der Waals surface area contributed by atoms with Gasteiger partial charge >= 0.3 is 11.9 Å². The van der Waals surface area contributed by atoms with Gasteiger partial charge in [0.05, 0.1) is 13.2 Å². The SMILES string of the molecule is CCOC(=O)C(N)CSC(CC)C(=O)OCC. The van der Waals surface area contributed by atoms with E-state index in [9.17, 15) is 9.59 Å². The van der Waals surface area contributed by atoms with E-state index in [1.165, 1.54) is 11.8 Å². The van der Waals surface area contributed by atoms with Crippen LogP contribution in [0.1, 0.15) is 27.2 Å². The van der Waals surface area contributed by atoms with Crippen LogP contribution in [0.3, 0.4) is 0 Å². The number of carbonyl (C=O) groups is 2. The van der Waals surface area contributed by atoms with Gasteiger partial charge in [-0.15, -0.1) is 11.8 Å². The minimum Gasteiger partial charge on any atom is -0.465 e. The Balaban J connectivity index is 4.05. The zero-order chi connectivity index (χ0) is 13.3. The molecule has 0 aromatic rings. The number of nitrogens with two attached hydrogens (primary N) is 1. The van der Waals surface area contributed by atoms with E-state index in [1.54, 1.807) is 13.8 Å². The molecule has 0 radical (unpaired) electrons. The fourth-order valence-electron chi connectivity index (χ4n) is 1.12. The van der Waals surface area contributed by atoms with Gasteiger partial charge in [-0.1, -0.05) is 6.92 Å². The average Bonchev–Trinajstić information content (AvgIpc) is 2.30. The molecule has 17 heavy (non-hydrogen) atoms. The van der Waals surface area contributed by atoms with Crippen LogP contribution in [0, 0.1) is 0 Å². The van der Waals surface area contributed by atoms with Gasteiger partial charge in [-0.3, -0.25) is 9.59 Å². The summed E-state index contributed by atoms with van der Waals surface area (Å²) in [5.41, 5.74) is 5.63. The van der Waals surface area contributed by atoms with E-state index in [2.05, 4.69) is 0 Å². The van der Waals surface area contributed by atoms with Crippen LogP contribution in [0.2, 0.25) is 0 Å². The molecule has 0 bridgehead atoms. The van der Waals surface area contributed by atoms with Gasteiger partial charge < -0.3 is 15.2 Å². The first-order valence-corrected chi connectivity index (χ1v) is 6.82. The third kappa shape index (κ3) is 6.53. The lowest BCUT2D eigenvalue weighted by atomic mass is 10.3. The Hall–Kier alpha value is -0.750. The first-order chi connectivity index (χ1) is 8.06. The van der Waals surface area contributed by atoms with Crippen molar-refractivity contribution in [2.75, 3.05) is 19.0 Å². The number of carbonyl (C=O) groups excluding carboxylic acids is 2. The maximum absolute atomic E-state index is 11.5. The van der Waals surface area contributed by atoms with Gasteiger partial charge in [-0.2, -0.15) is 0 Å². The van der Waals surface area contributed by atoms with E-state index < -0.39 is 12.0 Å². The summed E-state index contributed by atoms with van der Waals surface area (Å²) < 4.78 is 9.70. The predicted molar refractivity (Wildman–Crippen MR) is 67.8 cm³/mol. The normalized spacial score (nSPS) is 13.9. The largest absolute Gasteiger partial charge is 0.465 e. The monoisotopic (exact) mass is 263 g/mol. The lowest BCUT2D eigenvalue weighted by Crippen LogP contribution is -2.36. The number of esters is 2. The number of hydrogen-bond acceptors (Lipinski definition) is 6. The molecule has 0 saturated heterocycles. The van der Waals surface area contributed by atoms with Gasteiger partial charge in [0, 0.05) is 5.75 Å². The molecule has 5 nitrogen and oxygen atoms in total. The Morgan fingerprint density at radius 1 is 1.12 bits per heavy atom. The number of thioether (sulfide) groups is 1. The Kier molecular flexibility index (Phi) is 8.89. The maximum Gasteiger partial charge on any atom is 0.323 e. The summed E-state index contributed by atoms with van der Waals surface area (Å²) in [6, 6.07) is -0.691. The maximum atomic E-state index is 11.5. The summed E-state index contributed by atoms with van der Waals surface area (Å²) in [4.78, 5) is 22.7. The highest BCUT2D eigenvalue weighted by Crippen LogP contribution is 2.17. The molecule has 100 valence electrons. The Morgan fingerprint density at radius 2 is 1.65 bits per heavy atom. The van der Waals surface area contributed by atoms with Gasteiger partial charge in [0.2, 0.25) is 0 Å². The minimum atomic E-state index is -0.691. The van der Waals surface area contributed by atoms with Crippen molar-refractivity contribution >= 4 is 23.7 Å². The van der Waals surface area contributed by atoms with Crippen molar-refractivity contribution in [1.82, 2.24) is 0 Å². The van der Waals surface area contributed by atoms with Crippen molar-refractivity contribution in [3.8, 4) is 0 Å². The Bertz CT molecular complexity index is 248. The van der Waals surface area contributed by atoms with E-state index in [4.69, 9.17) is 15.2 Å². The van der Waals surface area contributed by atoms with Crippen molar-refractivity contribution in [2.45, 2.75) is 38.5 Å².